The van der Waals surface area contributed by atoms with Gasteiger partial charge in [0.05, 0.1) is 12.0 Å². The quantitative estimate of drug-likeness (QED) is 0.655. The maximum Gasteiger partial charge on any atom is 0.312 e. The van der Waals surface area contributed by atoms with E-state index < -0.39 is 4.92 Å². The Kier molecular flexibility index (Phi) is 4.65. The normalized spacial score (nSPS) is 11.8. The second kappa shape index (κ2) is 6.45. The second-order valence-corrected chi connectivity index (χ2v) is 5.00. The lowest BCUT2D eigenvalue weighted by Gasteiger charge is -2.16. The summed E-state index contributed by atoms with van der Waals surface area (Å²) < 4.78 is 4.98. The monoisotopic (exact) mass is 306 g/mol. The molecule has 1 atom stereocenters. The van der Waals surface area contributed by atoms with Crippen LogP contribution in [-0.4, -0.2) is 12.0 Å². The van der Waals surface area contributed by atoms with Crippen molar-refractivity contribution in [2.24, 2.45) is 0 Å². The van der Waals surface area contributed by atoms with E-state index in [0.29, 0.717) is 10.7 Å². The van der Waals surface area contributed by atoms with Crippen LogP contribution < -0.4 is 10.1 Å². The molecule has 0 heterocycles. The van der Waals surface area contributed by atoms with Crippen LogP contribution in [0.5, 0.6) is 5.75 Å². The molecule has 110 valence electrons. The van der Waals surface area contributed by atoms with E-state index in [0.717, 1.165) is 5.56 Å². The topological polar surface area (TPSA) is 64.4 Å². The molecule has 5 nitrogen and oxygen atoms in total. The van der Waals surface area contributed by atoms with Gasteiger partial charge in [0.2, 0.25) is 0 Å². The van der Waals surface area contributed by atoms with E-state index in [1.165, 1.54) is 13.2 Å². The zero-order valence-corrected chi connectivity index (χ0v) is 12.4. The van der Waals surface area contributed by atoms with Crippen LogP contribution in [-0.2, 0) is 0 Å². The van der Waals surface area contributed by atoms with Gasteiger partial charge in [0.15, 0.2) is 5.75 Å². The first-order valence-electron chi connectivity index (χ1n) is 6.35. The number of rotatable bonds is 5. The Bertz CT molecular complexity index is 644. The fraction of sp³-hybridized carbons (Fsp3) is 0.200. The van der Waals surface area contributed by atoms with Gasteiger partial charge in [-0.2, -0.15) is 0 Å². The number of anilines is 1. The van der Waals surface area contributed by atoms with Crippen LogP contribution in [0.15, 0.2) is 42.5 Å². The summed E-state index contributed by atoms with van der Waals surface area (Å²) in [5.41, 5.74) is 1.63. The van der Waals surface area contributed by atoms with E-state index in [4.69, 9.17) is 16.3 Å². The number of hydrogen-bond acceptors (Lipinski definition) is 4. The van der Waals surface area contributed by atoms with Gasteiger partial charge in [0.25, 0.3) is 0 Å². The maximum absolute atomic E-state index is 11.0. The summed E-state index contributed by atoms with van der Waals surface area (Å²) in [5, 5.41) is 14.9. The molecule has 0 amide bonds. The molecule has 0 spiro atoms. The molecule has 0 fully saturated rings. The van der Waals surface area contributed by atoms with E-state index in [2.05, 4.69) is 5.32 Å². The van der Waals surface area contributed by atoms with Gasteiger partial charge in [-0.3, -0.25) is 10.1 Å². The lowest BCUT2D eigenvalue weighted by atomic mass is 10.1. The molecule has 21 heavy (non-hydrogen) atoms. The summed E-state index contributed by atoms with van der Waals surface area (Å²) >= 11 is 5.86. The van der Waals surface area contributed by atoms with Crippen molar-refractivity contribution >= 4 is 23.0 Å². The molecule has 1 unspecified atom stereocenters. The summed E-state index contributed by atoms with van der Waals surface area (Å²) in [6, 6.07) is 12.2. The molecule has 0 saturated carbocycles. The maximum atomic E-state index is 11.0. The fourth-order valence-electron chi connectivity index (χ4n) is 2.01. The van der Waals surface area contributed by atoms with Crippen LogP contribution in [0.1, 0.15) is 18.5 Å². The van der Waals surface area contributed by atoms with Crippen LogP contribution in [0.3, 0.4) is 0 Å². The lowest BCUT2D eigenvalue weighted by Crippen LogP contribution is -2.07. The minimum absolute atomic E-state index is 0.00438. The molecule has 0 aliphatic heterocycles. The predicted octanol–water partition coefficient (Wildman–Crippen LogP) is 4.43. The van der Waals surface area contributed by atoms with Gasteiger partial charge in [-0.1, -0.05) is 23.7 Å². The highest BCUT2D eigenvalue weighted by atomic mass is 35.5. The van der Waals surface area contributed by atoms with Gasteiger partial charge in [-0.15, -0.1) is 0 Å². The van der Waals surface area contributed by atoms with E-state index in [1.807, 2.05) is 31.2 Å². The molecule has 6 heteroatoms. The predicted molar refractivity (Wildman–Crippen MR) is 83.1 cm³/mol. The Morgan fingerprint density at radius 1 is 1.24 bits per heavy atom. The van der Waals surface area contributed by atoms with Gasteiger partial charge in [0, 0.05) is 22.8 Å². The van der Waals surface area contributed by atoms with Gasteiger partial charge in [0.1, 0.15) is 0 Å². The number of ether oxygens (including phenoxy) is 1. The Morgan fingerprint density at radius 2 is 1.90 bits per heavy atom. The number of nitro benzene ring substituents is 1. The van der Waals surface area contributed by atoms with Crippen LogP contribution in [0.4, 0.5) is 11.4 Å². The molecule has 2 aromatic carbocycles. The Labute approximate surface area is 127 Å². The van der Waals surface area contributed by atoms with Crippen molar-refractivity contribution in [1.29, 1.82) is 0 Å². The van der Waals surface area contributed by atoms with E-state index >= 15 is 0 Å². The van der Waals surface area contributed by atoms with Gasteiger partial charge in [-0.25, -0.2) is 0 Å². The summed E-state index contributed by atoms with van der Waals surface area (Å²) in [7, 11) is 1.41. The molecule has 0 aromatic heterocycles. The third-order valence-corrected chi connectivity index (χ3v) is 3.38. The highest BCUT2D eigenvalue weighted by Crippen LogP contribution is 2.31. The smallest absolute Gasteiger partial charge is 0.312 e. The molecule has 0 radical (unpaired) electrons. The van der Waals surface area contributed by atoms with Crippen molar-refractivity contribution in [3.8, 4) is 5.75 Å². The Balaban J connectivity index is 2.21. The van der Waals surface area contributed by atoms with Crippen molar-refractivity contribution in [2.75, 3.05) is 12.4 Å². The Hall–Kier alpha value is -2.27. The zero-order valence-electron chi connectivity index (χ0n) is 11.7. The third kappa shape index (κ3) is 3.64. The van der Waals surface area contributed by atoms with Crippen LogP contribution in [0.2, 0.25) is 5.02 Å². The average molecular weight is 307 g/mol. The number of nitrogens with zero attached hydrogens (tertiary/aromatic N) is 1. The zero-order chi connectivity index (χ0) is 15.4. The molecular weight excluding hydrogens is 292 g/mol. The first kappa shape index (κ1) is 15.1. The van der Waals surface area contributed by atoms with Crippen LogP contribution in [0, 0.1) is 10.1 Å². The summed E-state index contributed by atoms with van der Waals surface area (Å²) in [5.74, 6) is 0.240. The van der Waals surface area contributed by atoms with Gasteiger partial charge < -0.3 is 10.1 Å². The third-order valence-electron chi connectivity index (χ3n) is 3.13. The SMILES string of the molecule is COc1ccc(NC(C)c2ccc(Cl)cc2)cc1[N+](=O)[O-]. The molecule has 0 bridgehead atoms. The standard InChI is InChI=1S/C15H15ClN2O3/c1-10(11-3-5-12(16)6-4-11)17-13-7-8-15(21-2)14(9-13)18(19)20/h3-10,17H,1-2H3. The largest absolute Gasteiger partial charge is 0.490 e. The van der Waals surface area contributed by atoms with Crippen LogP contribution >= 0.6 is 11.6 Å². The highest BCUT2D eigenvalue weighted by molar-refractivity contribution is 6.30. The molecule has 0 saturated heterocycles. The number of halogens is 1. The Morgan fingerprint density at radius 3 is 2.48 bits per heavy atom. The lowest BCUT2D eigenvalue weighted by molar-refractivity contribution is -0.385. The number of hydrogen-bond donors (Lipinski definition) is 1. The molecule has 0 aliphatic rings. The average Bonchev–Trinajstić information content (AvgIpc) is 2.47. The minimum Gasteiger partial charge on any atom is -0.490 e. The fourth-order valence-corrected chi connectivity index (χ4v) is 2.13. The number of benzene rings is 2. The minimum atomic E-state index is -0.461. The number of nitro groups is 1. The highest BCUT2D eigenvalue weighted by Gasteiger charge is 2.16. The van der Waals surface area contributed by atoms with E-state index in [1.54, 1.807) is 12.1 Å². The van der Waals surface area contributed by atoms with Crippen molar-refractivity contribution in [1.82, 2.24) is 0 Å². The van der Waals surface area contributed by atoms with Crippen molar-refractivity contribution in [3.05, 3.63) is 63.2 Å². The first-order chi connectivity index (χ1) is 10.0. The first-order valence-corrected chi connectivity index (χ1v) is 6.73. The van der Waals surface area contributed by atoms with Crippen LogP contribution in [0.25, 0.3) is 0 Å². The second-order valence-electron chi connectivity index (χ2n) is 4.56. The molecule has 2 rings (SSSR count). The molecule has 1 N–H and O–H groups in total. The van der Waals surface area contributed by atoms with Crippen molar-refractivity contribution < 1.29 is 9.66 Å². The molecule has 2 aromatic rings. The van der Waals surface area contributed by atoms with Gasteiger partial charge in [-0.05, 0) is 36.8 Å². The summed E-state index contributed by atoms with van der Waals surface area (Å²) in [6.07, 6.45) is 0. The molecular formula is C15H15ClN2O3. The summed E-state index contributed by atoms with van der Waals surface area (Å²) in [6.45, 7) is 1.97. The van der Waals surface area contributed by atoms with E-state index in [9.17, 15) is 10.1 Å². The van der Waals surface area contributed by atoms with Crippen molar-refractivity contribution in [2.45, 2.75) is 13.0 Å². The summed E-state index contributed by atoms with van der Waals surface area (Å²) in [4.78, 5) is 10.5. The molecule has 0 aliphatic carbocycles. The van der Waals surface area contributed by atoms with Crippen molar-refractivity contribution in [3.63, 3.8) is 0 Å². The number of nitrogens with one attached hydrogen (secondary N) is 1. The number of methoxy groups -OCH3 is 1. The van der Waals surface area contributed by atoms with E-state index in [-0.39, 0.29) is 17.5 Å². The van der Waals surface area contributed by atoms with Gasteiger partial charge >= 0.3 is 5.69 Å².